The minimum atomic E-state index is -0.305. The second-order valence-corrected chi connectivity index (χ2v) is 4.28. The van der Waals surface area contributed by atoms with Gasteiger partial charge in [-0.25, -0.2) is 4.39 Å². The summed E-state index contributed by atoms with van der Waals surface area (Å²) in [4.78, 5) is 11.3. The number of ether oxygens (including phenoxy) is 1. The average Bonchev–Trinajstić information content (AvgIpc) is 2.28. The summed E-state index contributed by atoms with van der Waals surface area (Å²) < 4.78 is 18.0. The highest BCUT2D eigenvalue weighted by molar-refractivity contribution is 5.71. The summed E-state index contributed by atoms with van der Waals surface area (Å²) >= 11 is 0. The van der Waals surface area contributed by atoms with Gasteiger partial charge >= 0.3 is 5.97 Å². The molecule has 3 nitrogen and oxygen atoms in total. The van der Waals surface area contributed by atoms with Crippen LogP contribution in [0.2, 0.25) is 0 Å². The van der Waals surface area contributed by atoms with Crippen LogP contribution in [0.15, 0.2) is 18.2 Å². The van der Waals surface area contributed by atoms with Crippen molar-refractivity contribution < 1.29 is 13.9 Å². The first-order valence-corrected chi connectivity index (χ1v) is 5.63. The topological polar surface area (TPSA) is 38.3 Å². The van der Waals surface area contributed by atoms with Gasteiger partial charge in [-0.05, 0) is 30.2 Å². The molecule has 0 amide bonds. The number of carbonyl (C=O) groups is 1. The number of aryl methyl sites for hydroxylation is 1. The lowest BCUT2D eigenvalue weighted by atomic mass is 10.1. The van der Waals surface area contributed by atoms with Crippen molar-refractivity contribution in [3.8, 4) is 0 Å². The summed E-state index contributed by atoms with van der Waals surface area (Å²) in [6.45, 7) is 5.96. The maximum Gasteiger partial charge on any atom is 0.320 e. The molecule has 0 aromatic heterocycles. The van der Waals surface area contributed by atoms with E-state index in [1.54, 1.807) is 19.1 Å². The summed E-state index contributed by atoms with van der Waals surface area (Å²) in [7, 11) is 0. The van der Waals surface area contributed by atoms with Crippen LogP contribution >= 0.6 is 0 Å². The molecule has 94 valence electrons. The lowest BCUT2D eigenvalue weighted by Gasteiger charge is -2.09. The number of rotatable bonds is 5. The predicted molar refractivity (Wildman–Crippen MR) is 64.1 cm³/mol. The van der Waals surface area contributed by atoms with Crippen LogP contribution in [0, 0.1) is 12.7 Å². The quantitative estimate of drug-likeness (QED) is 0.800. The van der Waals surface area contributed by atoms with Gasteiger partial charge < -0.3 is 10.1 Å². The van der Waals surface area contributed by atoms with Gasteiger partial charge in [0, 0.05) is 6.04 Å². The molecule has 0 atom stereocenters. The highest BCUT2D eigenvalue weighted by atomic mass is 19.1. The molecule has 0 aliphatic heterocycles. The Hall–Kier alpha value is -1.42. The highest BCUT2D eigenvalue weighted by Crippen LogP contribution is 2.10. The molecule has 1 rings (SSSR count). The van der Waals surface area contributed by atoms with E-state index in [2.05, 4.69) is 5.32 Å². The molecule has 0 fully saturated rings. The zero-order valence-electron chi connectivity index (χ0n) is 10.4. The first kappa shape index (κ1) is 13.6. The number of carbonyl (C=O) groups excluding carboxylic acids is 1. The molecule has 17 heavy (non-hydrogen) atoms. The van der Waals surface area contributed by atoms with E-state index in [4.69, 9.17) is 4.74 Å². The molecule has 0 bridgehead atoms. The molecule has 0 aliphatic rings. The SMILES string of the molecule is Cc1cc(COC(=O)CNC(C)C)ccc1F. The van der Waals surface area contributed by atoms with Crippen LogP contribution in [-0.2, 0) is 16.1 Å². The van der Waals surface area contributed by atoms with Gasteiger partial charge in [0.25, 0.3) is 0 Å². The molecule has 0 aliphatic carbocycles. The Bertz CT molecular complexity index is 391. The van der Waals surface area contributed by atoms with Crippen molar-refractivity contribution in [1.82, 2.24) is 5.32 Å². The fraction of sp³-hybridized carbons (Fsp3) is 0.462. The molecule has 1 aromatic rings. The van der Waals surface area contributed by atoms with Gasteiger partial charge in [-0.3, -0.25) is 4.79 Å². The second-order valence-electron chi connectivity index (χ2n) is 4.28. The number of hydrogen-bond donors (Lipinski definition) is 1. The molecule has 0 spiro atoms. The zero-order valence-corrected chi connectivity index (χ0v) is 10.4. The summed E-state index contributed by atoms with van der Waals surface area (Å²) in [5.41, 5.74) is 1.35. The van der Waals surface area contributed by atoms with Crippen LogP contribution in [0.3, 0.4) is 0 Å². The molecular formula is C13H18FNO2. The monoisotopic (exact) mass is 239 g/mol. The van der Waals surface area contributed by atoms with Crippen LogP contribution in [0.4, 0.5) is 4.39 Å². The van der Waals surface area contributed by atoms with Gasteiger partial charge in [0.2, 0.25) is 0 Å². The van der Waals surface area contributed by atoms with E-state index in [1.165, 1.54) is 6.07 Å². The van der Waals surface area contributed by atoms with E-state index in [1.807, 2.05) is 13.8 Å². The minimum absolute atomic E-state index is 0.180. The van der Waals surface area contributed by atoms with E-state index in [0.29, 0.717) is 5.56 Å². The van der Waals surface area contributed by atoms with E-state index < -0.39 is 0 Å². The van der Waals surface area contributed by atoms with Crippen LogP contribution in [-0.4, -0.2) is 18.6 Å². The van der Waals surface area contributed by atoms with Crippen LogP contribution in [0.1, 0.15) is 25.0 Å². The summed E-state index contributed by atoms with van der Waals surface area (Å²) in [5.74, 6) is -0.553. The van der Waals surface area contributed by atoms with Crippen molar-refractivity contribution in [1.29, 1.82) is 0 Å². The Morgan fingerprint density at radius 3 is 2.76 bits per heavy atom. The van der Waals surface area contributed by atoms with E-state index in [0.717, 1.165) is 5.56 Å². The summed E-state index contributed by atoms with van der Waals surface area (Å²) in [6.07, 6.45) is 0. The van der Waals surface area contributed by atoms with Crippen molar-refractivity contribution in [2.45, 2.75) is 33.4 Å². The van der Waals surface area contributed by atoms with Crippen LogP contribution < -0.4 is 5.32 Å². The highest BCUT2D eigenvalue weighted by Gasteiger charge is 2.05. The first-order valence-electron chi connectivity index (χ1n) is 5.63. The number of benzene rings is 1. The first-order chi connectivity index (χ1) is 7.99. The Kier molecular flexibility index (Phi) is 5.10. The standard InChI is InChI=1S/C13H18FNO2/c1-9(2)15-7-13(16)17-8-11-4-5-12(14)10(3)6-11/h4-6,9,15H,7-8H2,1-3H3. The molecule has 0 saturated carbocycles. The zero-order chi connectivity index (χ0) is 12.8. The van der Waals surface area contributed by atoms with Crippen molar-refractivity contribution in [3.63, 3.8) is 0 Å². The molecular weight excluding hydrogens is 221 g/mol. The fourth-order valence-electron chi connectivity index (χ4n) is 1.30. The number of esters is 1. The Morgan fingerprint density at radius 2 is 2.18 bits per heavy atom. The van der Waals surface area contributed by atoms with Crippen LogP contribution in [0.25, 0.3) is 0 Å². The van der Waals surface area contributed by atoms with Crippen molar-refractivity contribution >= 4 is 5.97 Å². The molecule has 0 heterocycles. The third-order valence-corrected chi connectivity index (χ3v) is 2.28. The maximum atomic E-state index is 13.0. The van der Waals surface area contributed by atoms with E-state index >= 15 is 0 Å². The lowest BCUT2D eigenvalue weighted by Crippen LogP contribution is -2.30. The normalized spacial score (nSPS) is 10.6. The maximum absolute atomic E-state index is 13.0. The van der Waals surface area contributed by atoms with Crippen LogP contribution in [0.5, 0.6) is 0 Å². The molecule has 4 heteroatoms. The van der Waals surface area contributed by atoms with Gasteiger partial charge in [0.1, 0.15) is 12.4 Å². The second kappa shape index (κ2) is 6.35. The Labute approximate surface area is 101 Å². The number of hydrogen-bond acceptors (Lipinski definition) is 3. The summed E-state index contributed by atoms with van der Waals surface area (Å²) in [5, 5.41) is 2.97. The minimum Gasteiger partial charge on any atom is -0.460 e. The van der Waals surface area contributed by atoms with E-state index in [-0.39, 0.29) is 31.0 Å². The largest absolute Gasteiger partial charge is 0.460 e. The van der Waals surface area contributed by atoms with E-state index in [9.17, 15) is 9.18 Å². The van der Waals surface area contributed by atoms with Gasteiger partial charge in [-0.1, -0.05) is 19.9 Å². The predicted octanol–water partition coefficient (Wildman–Crippen LogP) is 2.18. The van der Waals surface area contributed by atoms with Crippen molar-refractivity contribution in [2.75, 3.05) is 6.54 Å². The number of nitrogens with one attached hydrogen (secondary N) is 1. The third kappa shape index (κ3) is 4.95. The smallest absolute Gasteiger partial charge is 0.320 e. The van der Waals surface area contributed by atoms with Gasteiger partial charge in [0.05, 0.1) is 6.54 Å². The Morgan fingerprint density at radius 1 is 1.47 bits per heavy atom. The van der Waals surface area contributed by atoms with Gasteiger partial charge in [-0.15, -0.1) is 0 Å². The fourth-order valence-corrected chi connectivity index (χ4v) is 1.30. The molecule has 1 aromatic carbocycles. The van der Waals surface area contributed by atoms with Gasteiger partial charge in [0.15, 0.2) is 0 Å². The third-order valence-electron chi connectivity index (χ3n) is 2.28. The Balaban J connectivity index is 2.39. The molecule has 0 unspecified atom stereocenters. The average molecular weight is 239 g/mol. The van der Waals surface area contributed by atoms with Gasteiger partial charge in [-0.2, -0.15) is 0 Å². The molecule has 1 N–H and O–H groups in total. The molecule has 0 radical (unpaired) electrons. The number of halogens is 1. The van der Waals surface area contributed by atoms with Crippen molar-refractivity contribution in [3.05, 3.63) is 35.1 Å². The summed E-state index contributed by atoms with van der Waals surface area (Å²) in [6, 6.07) is 4.92. The van der Waals surface area contributed by atoms with Crippen molar-refractivity contribution in [2.24, 2.45) is 0 Å². The molecule has 0 saturated heterocycles. The lowest BCUT2D eigenvalue weighted by molar-refractivity contribution is -0.143.